The first-order valence-electron chi connectivity index (χ1n) is 7.19. The summed E-state index contributed by atoms with van der Waals surface area (Å²) >= 11 is 0. The van der Waals surface area contributed by atoms with Crippen LogP contribution in [0, 0.1) is 5.92 Å². The van der Waals surface area contributed by atoms with E-state index in [1.54, 1.807) is 0 Å². The standard InChI is InChI=1S/C16H24N2O/c1-4-13-7-5-6-8-15(13)17-16(19)11-18(3)12(2)14-9-10-14/h5-8,12,14H,4,9-11H2,1-3H3,(H,17,19). The molecule has 0 spiro atoms. The Labute approximate surface area is 116 Å². The Morgan fingerprint density at radius 1 is 1.42 bits per heavy atom. The minimum atomic E-state index is 0.0795. The van der Waals surface area contributed by atoms with E-state index in [0.29, 0.717) is 12.6 Å². The van der Waals surface area contributed by atoms with Crippen LogP contribution in [0.25, 0.3) is 0 Å². The summed E-state index contributed by atoms with van der Waals surface area (Å²) < 4.78 is 0. The first-order valence-corrected chi connectivity index (χ1v) is 7.19. The van der Waals surface area contributed by atoms with Crippen molar-refractivity contribution in [3.63, 3.8) is 0 Å². The van der Waals surface area contributed by atoms with Gasteiger partial charge in [0.05, 0.1) is 6.54 Å². The van der Waals surface area contributed by atoms with E-state index < -0.39 is 0 Å². The number of hydrogen-bond donors (Lipinski definition) is 1. The highest BCUT2D eigenvalue weighted by molar-refractivity contribution is 5.93. The maximum atomic E-state index is 12.1. The second-order valence-electron chi connectivity index (χ2n) is 5.55. The minimum Gasteiger partial charge on any atom is -0.325 e. The number of amides is 1. The van der Waals surface area contributed by atoms with E-state index in [2.05, 4.69) is 30.1 Å². The highest BCUT2D eigenvalue weighted by Gasteiger charge is 2.30. The summed E-state index contributed by atoms with van der Waals surface area (Å²) in [7, 11) is 2.04. The maximum absolute atomic E-state index is 12.1. The highest BCUT2D eigenvalue weighted by Crippen LogP contribution is 2.34. The zero-order chi connectivity index (χ0) is 13.8. The Hall–Kier alpha value is -1.35. The molecule has 104 valence electrons. The average molecular weight is 260 g/mol. The van der Waals surface area contributed by atoms with Crippen molar-refractivity contribution in [2.45, 2.75) is 39.2 Å². The lowest BCUT2D eigenvalue weighted by atomic mass is 10.1. The second-order valence-corrected chi connectivity index (χ2v) is 5.55. The van der Waals surface area contributed by atoms with Crippen LogP contribution in [0.15, 0.2) is 24.3 Å². The number of nitrogens with zero attached hydrogens (tertiary/aromatic N) is 1. The van der Waals surface area contributed by atoms with Crippen LogP contribution in [0.5, 0.6) is 0 Å². The molecule has 0 saturated heterocycles. The van der Waals surface area contributed by atoms with Gasteiger partial charge in [-0.2, -0.15) is 0 Å². The molecule has 1 unspecified atom stereocenters. The highest BCUT2D eigenvalue weighted by atomic mass is 16.2. The molecule has 3 heteroatoms. The van der Waals surface area contributed by atoms with E-state index in [4.69, 9.17) is 0 Å². The molecule has 2 rings (SSSR count). The number of benzene rings is 1. The first-order chi connectivity index (χ1) is 9.11. The fourth-order valence-corrected chi connectivity index (χ4v) is 2.45. The largest absolute Gasteiger partial charge is 0.325 e. The summed E-state index contributed by atoms with van der Waals surface area (Å²) in [6.07, 6.45) is 3.56. The number of nitrogens with one attached hydrogen (secondary N) is 1. The number of likely N-dealkylation sites (N-methyl/N-ethyl adjacent to an activating group) is 1. The number of rotatable bonds is 6. The quantitative estimate of drug-likeness (QED) is 0.853. The van der Waals surface area contributed by atoms with E-state index in [1.807, 2.05) is 25.2 Å². The minimum absolute atomic E-state index is 0.0795. The molecular weight excluding hydrogens is 236 g/mol. The lowest BCUT2D eigenvalue weighted by Crippen LogP contribution is -2.37. The van der Waals surface area contributed by atoms with Gasteiger partial charge in [0.1, 0.15) is 0 Å². The fourth-order valence-electron chi connectivity index (χ4n) is 2.45. The van der Waals surface area contributed by atoms with Crippen LogP contribution >= 0.6 is 0 Å². The molecule has 0 heterocycles. The molecule has 0 radical (unpaired) electrons. The topological polar surface area (TPSA) is 32.3 Å². The molecule has 0 aromatic heterocycles. The number of anilines is 1. The number of carbonyl (C=O) groups is 1. The number of aryl methyl sites for hydroxylation is 1. The molecule has 1 N–H and O–H groups in total. The zero-order valence-corrected chi connectivity index (χ0v) is 12.1. The van der Waals surface area contributed by atoms with Gasteiger partial charge in [-0.15, -0.1) is 0 Å². The summed E-state index contributed by atoms with van der Waals surface area (Å²) in [4.78, 5) is 14.2. The monoisotopic (exact) mass is 260 g/mol. The summed E-state index contributed by atoms with van der Waals surface area (Å²) in [6.45, 7) is 4.78. The molecule has 3 nitrogen and oxygen atoms in total. The van der Waals surface area contributed by atoms with Gasteiger partial charge >= 0.3 is 0 Å². The van der Waals surface area contributed by atoms with Crippen LogP contribution in [0.2, 0.25) is 0 Å². The van der Waals surface area contributed by atoms with Gasteiger partial charge in [0, 0.05) is 11.7 Å². The number of para-hydroxylation sites is 1. The molecule has 1 aromatic carbocycles. The van der Waals surface area contributed by atoms with E-state index in [1.165, 1.54) is 18.4 Å². The third-order valence-corrected chi connectivity index (χ3v) is 4.06. The molecule has 0 aliphatic heterocycles. The SMILES string of the molecule is CCc1ccccc1NC(=O)CN(C)C(C)C1CC1. The summed E-state index contributed by atoms with van der Waals surface area (Å²) in [5.74, 6) is 0.872. The van der Waals surface area contributed by atoms with Gasteiger partial charge in [0.25, 0.3) is 0 Å². The van der Waals surface area contributed by atoms with Crippen LogP contribution in [0.1, 0.15) is 32.3 Å². The van der Waals surface area contributed by atoms with Crippen LogP contribution in [0.3, 0.4) is 0 Å². The van der Waals surface area contributed by atoms with Gasteiger partial charge in [-0.05, 0) is 50.8 Å². The summed E-state index contributed by atoms with van der Waals surface area (Å²) in [6, 6.07) is 8.51. The van der Waals surface area contributed by atoms with Crippen LogP contribution in [0.4, 0.5) is 5.69 Å². The first kappa shape index (κ1) is 14.1. The number of carbonyl (C=O) groups excluding carboxylic acids is 1. The normalized spacial score (nSPS) is 16.4. The Bertz CT molecular complexity index is 440. The molecule has 1 amide bonds. The van der Waals surface area contributed by atoms with Crippen molar-refractivity contribution >= 4 is 11.6 Å². The van der Waals surface area contributed by atoms with Crippen molar-refractivity contribution in [2.75, 3.05) is 18.9 Å². The molecule has 1 fully saturated rings. The molecule has 1 aliphatic rings. The third-order valence-electron chi connectivity index (χ3n) is 4.06. The predicted molar refractivity (Wildman–Crippen MR) is 79.3 cm³/mol. The lowest BCUT2D eigenvalue weighted by molar-refractivity contribution is -0.117. The van der Waals surface area contributed by atoms with E-state index >= 15 is 0 Å². The Morgan fingerprint density at radius 2 is 2.11 bits per heavy atom. The van der Waals surface area contributed by atoms with Crippen molar-refractivity contribution in [2.24, 2.45) is 5.92 Å². The smallest absolute Gasteiger partial charge is 0.238 e. The van der Waals surface area contributed by atoms with E-state index in [0.717, 1.165) is 18.0 Å². The van der Waals surface area contributed by atoms with E-state index in [9.17, 15) is 4.79 Å². The predicted octanol–water partition coefficient (Wildman–Crippen LogP) is 2.92. The van der Waals surface area contributed by atoms with Gasteiger partial charge in [0.15, 0.2) is 0 Å². The Balaban J connectivity index is 1.89. The third kappa shape index (κ3) is 3.80. The second kappa shape index (κ2) is 6.20. The van der Waals surface area contributed by atoms with E-state index in [-0.39, 0.29) is 5.91 Å². The van der Waals surface area contributed by atoms with Crippen molar-refractivity contribution in [3.8, 4) is 0 Å². The van der Waals surface area contributed by atoms with Crippen LogP contribution in [-0.4, -0.2) is 30.4 Å². The van der Waals surface area contributed by atoms with Gasteiger partial charge < -0.3 is 5.32 Å². The molecule has 1 atom stereocenters. The molecule has 19 heavy (non-hydrogen) atoms. The molecule has 1 aromatic rings. The van der Waals surface area contributed by atoms with Crippen molar-refractivity contribution < 1.29 is 4.79 Å². The molecular formula is C16H24N2O. The van der Waals surface area contributed by atoms with Crippen LogP contribution in [-0.2, 0) is 11.2 Å². The van der Waals surface area contributed by atoms with Gasteiger partial charge in [0.2, 0.25) is 5.91 Å². The lowest BCUT2D eigenvalue weighted by Gasteiger charge is -2.24. The van der Waals surface area contributed by atoms with Crippen molar-refractivity contribution in [1.29, 1.82) is 0 Å². The van der Waals surface area contributed by atoms with Gasteiger partial charge in [-0.1, -0.05) is 25.1 Å². The molecule has 1 aliphatic carbocycles. The Kier molecular flexibility index (Phi) is 4.59. The van der Waals surface area contributed by atoms with Gasteiger partial charge in [-0.3, -0.25) is 9.69 Å². The average Bonchev–Trinajstić information content (AvgIpc) is 3.22. The number of hydrogen-bond acceptors (Lipinski definition) is 2. The zero-order valence-electron chi connectivity index (χ0n) is 12.1. The summed E-state index contributed by atoms with van der Waals surface area (Å²) in [5, 5.41) is 3.03. The van der Waals surface area contributed by atoms with Crippen molar-refractivity contribution in [1.82, 2.24) is 4.90 Å². The van der Waals surface area contributed by atoms with Crippen LogP contribution < -0.4 is 5.32 Å². The molecule has 1 saturated carbocycles. The molecule has 0 bridgehead atoms. The van der Waals surface area contributed by atoms with Crippen molar-refractivity contribution in [3.05, 3.63) is 29.8 Å². The van der Waals surface area contributed by atoms with Gasteiger partial charge in [-0.25, -0.2) is 0 Å². The Morgan fingerprint density at radius 3 is 2.74 bits per heavy atom. The fraction of sp³-hybridized carbons (Fsp3) is 0.562. The summed E-state index contributed by atoms with van der Waals surface area (Å²) in [5.41, 5.74) is 2.14. The maximum Gasteiger partial charge on any atom is 0.238 e.